The molecule has 0 aliphatic carbocycles. The minimum atomic E-state index is -0.174. The van der Waals surface area contributed by atoms with Gasteiger partial charge >= 0.3 is 5.97 Å². The van der Waals surface area contributed by atoms with Crippen LogP contribution in [0.4, 0.5) is 5.82 Å². The molecule has 0 aliphatic rings. The van der Waals surface area contributed by atoms with Gasteiger partial charge in [0.15, 0.2) is 0 Å². The lowest BCUT2D eigenvalue weighted by atomic mass is 10.3. The zero-order chi connectivity index (χ0) is 13.0. The van der Waals surface area contributed by atoms with Gasteiger partial charge in [-0.1, -0.05) is 0 Å². The molecule has 0 aromatic carbocycles. The number of esters is 1. The molecule has 2 rings (SSSR count). The monoisotopic (exact) mass is 265 g/mol. The van der Waals surface area contributed by atoms with Crippen LogP contribution in [-0.4, -0.2) is 36.6 Å². The number of rotatable bonds is 5. The van der Waals surface area contributed by atoms with Crippen molar-refractivity contribution in [2.45, 2.75) is 12.8 Å². The minimum Gasteiger partial charge on any atom is -0.469 e. The Kier molecular flexibility index (Phi) is 4.09. The molecular weight excluding hydrogens is 250 g/mol. The molecular formula is C12H15N3O2S. The maximum absolute atomic E-state index is 11.0. The van der Waals surface area contributed by atoms with E-state index in [1.54, 1.807) is 17.7 Å². The lowest BCUT2D eigenvalue weighted by Crippen LogP contribution is -2.20. The number of thiophene rings is 1. The van der Waals surface area contributed by atoms with Crippen molar-refractivity contribution in [2.75, 3.05) is 25.6 Å². The molecule has 2 heterocycles. The number of nitrogens with zero attached hydrogens (tertiary/aromatic N) is 3. The van der Waals surface area contributed by atoms with Crippen molar-refractivity contribution in [3.8, 4) is 0 Å². The Balaban J connectivity index is 2.02. The van der Waals surface area contributed by atoms with Crippen molar-refractivity contribution in [1.82, 2.24) is 9.97 Å². The topological polar surface area (TPSA) is 55.3 Å². The van der Waals surface area contributed by atoms with Crippen LogP contribution in [0.1, 0.15) is 12.8 Å². The molecule has 0 bridgehead atoms. The fourth-order valence-electron chi connectivity index (χ4n) is 1.75. The van der Waals surface area contributed by atoms with E-state index in [2.05, 4.69) is 14.7 Å². The zero-order valence-electron chi connectivity index (χ0n) is 10.4. The summed E-state index contributed by atoms with van der Waals surface area (Å²) in [5, 5.41) is 3.06. The van der Waals surface area contributed by atoms with Gasteiger partial charge in [0, 0.05) is 20.0 Å². The van der Waals surface area contributed by atoms with Gasteiger partial charge in [-0.3, -0.25) is 4.79 Å². The van der Waals surface area contributed by atoms with Gasteiger partial charge in [-0.05, 0) is 17.9 Å². The standard InChI is InChI=1S/C12H15N3O2S/c1-15(6-3-4-10(16)17-2)11-9-5-7-18-12(9)14-8-13-11/h5,7-8H,3-4,6H2,1-2H3. The summed E-state index contributed by atoms with van der Waals surface area (Å²) in [6.07, 6.45) is 2.75. The van der Waals surface area contributed by atoms with Crippen LogP contribution in [0.5, 0.6) is 0 Å². The van der Waals surface area contributed by atoms with E-state index in [0.29, 0.717) is 6.42 Å². The molecule has 0 spiro atoms. The molecule has 0 fully saturated rings. The van der Waals surface area contributed by atoms with E-state index in [9.17, 15) is 4.79 Å². The van der Waals surface area contributed by atoms with Crippen LogP contribution in [0.3, 0.4) is 0 Å². The first kappa shape index (κ1) is 12.8. The van der Waals surface area contributed by atoms with E-state index >= 15 is 0 Å². The molecule has 0 saturated heterocycles. The number of hydrogen-bond acceptors (Lipinski definition) is 6. The largest absolute Gasteiger partial charge is 0.469 e. The molecule has 0 amide bonds. The molecule has 5 nitrogen and oxygen atoms in total. The smallest absolute Gasteiger partial charge is 0.305 e. The van der Waals surface area contributed by atoms with Crippen molar-refractivity contribution in [3.05, 3.63) is 17.8 Å². The van der Waals surface area contributed by atoms with Crippen molar-refractivity contribution < 1.29 is 9.53 Å². The first-order valence-corrected chi connectivity index (χ1v) is 6.56. The Labute approximate surface area is 109 Å². The van der Waals surface area contributed by atoms with E-state index in [0.717, 1.165) is 29.0 Å². The highest BCUT2D eigenvalue weighted by molar-refractivity contribution is 7.16. The number of fused-ring (bicyclic) bond motifs is 1. The van der Waals surface area contributed by atoms with Crippen LogP contribution in [0.2, 0.25) is 0 Å². The van der Waals surface area contributed by atoms with Gasteiger partial charge in [0.25, 0.3) is 0 Å². The number of anilines is 1. The molecule has 2 aromatic heterocycles. The van der Waals surface area contributed by atoms with Crippen LogP contribution in [0.25, 0.3) is 10.2 Å². The van der Waals surface area contributed by atoms with Gasteiger partial charge in [0.05, 0.1) is 12.5 Å². The van der Waals surface area contributed by atoms with E-state index in [1.807, 2.05) is 23.4 Å². The third kappa shape index (κ3) is 2.76. The SMILES string of the molecule is COC(=O)CCCN(C)c1ncnc2sccc12. The predicted octanol–water partition coefficient (Wildman–Crippen LogP) is 2.08. The summed E-state index contributed by atoms with van der Waals surface area (Å²) in [5.74, 6) is 0.734. The molecule has 18 heavy (non-hydrogen) atoms. The zero-order valence-corrected chi connectivity index (χ0v) is 11.2. The van der Waals surface area contributed by atoms with Crippen LogP contribution in [0, 0.1) is 0 Å². The number of carbonyl (C=O) groups is 1. The number of hydrogen-bond donors (Lipinski definition) is 0. The summed E-state index contributed by atoms with van der Waals surface area (Å²) in [4.78, 5) is 22.6. The maximum atomic E-state index is 11.0. The molecule has 0 saturated carbocycles. The summed E-state index contributed by atoms with van der Waals surface area (Å²) in [6.45, 7) is 0.761. The van der Waals surface area contributed by atoms with Crippen molar-refractivity contribution in [2.24, 2.45) is 0 Å². The minimum absolute atomic E-state index is 0.174. The lowest BCUT2D eigenvalue weighted by Gasteiger charge is -2.18. The molecule has 2 aromatic rings. The first-order valence-electron chi connectivity index (χ1n) is 5.68. The highest BCUT2D eigenvalue weighted by atomic mass is 32.1. The second-order valence-corrected chi connectivity index (χ2v) is 4.83. The average Bonchev–Trinajstić information content (AvgIpc) is 2.86. The number of ether oxygens (including phenoxy) is 1. The fourth-order valence-corrected chi connectivity index (χ4v) is 2.48. The van der Waals surface area contributed by atoms with Gasteiger partial charge in [-0.15, -0.1) is 11.3 Å². The Morgan fingerprint density at radius 3 is 3.11 bits per heavy atom. The highest BCUT2D eigenvalue weighted by Gasteiger charge is 2.09. The van der Waals surface area contributed by atoms with Crippen molar-refractivity contribution >= 4 is 33.3 Å². The molecule has 96 valence electrons. The second-order valence-electron chi connectivity index (χ2n) is 3.94. The lowest BCUT2D eigenvalue weighted by molar-refractivity contribution is -0.140. The van der Waals surface area contributed by atoms with Gasteiger partial charge in [0.1, 0.15) is 17.0 Å². The normalized spacial score (nSPS) is 10.6. The number of methoxy groups -OCH3 is 1. The summed E-state index contributed by atoms with van der Waals surface area (Å²) in [6, 6.07) is 2.02. The van der Waals surface area contributed by atoms with Crippen molar-refractivity contribution in [1.29, 1.82) is 0 Å². The van der Waals surface area contributed by atoms with E-state index in [1.165, 1.54) is 7.11 Å². The van der Waals surface area contributed by atoms with Gasteiger partial charge < -0.3 is 9.64 Å². The Morgan fingerprint density at radius 2 is 2.33 bits per heavy atom. The first-order chi connectivity index (χ1) is 8.72. The highest BCUT2D eigenvalue weighted by Crippen LogP contribution is 2.25. The number of aromatic nitrogens is 2. The van der Waals surface area contributed by atoms with Crippen LogP contribution in [0.15, 0.2) is 17.8 Å². The van der Waals surface area contributed by atoms with E-state index in [4.69, 9.17) is 0 Å². The predicted molar refractivity (Wildman–Crippen MR) is 71.9 cm³/mol. The average molecular weight is 265 g/mol. The Morgan fingerprint density at radius 1 is 1.50 bits per heavy atom. The quantitative estimate of drug-likeness (QED) is 0.775. The molecule has 6 heteroatoms. The molecule has 0 N–H and O–H groups in total. The summed E-state index contributed by atoms with van der Waals surface area (Å²) in [5.41, 5.74) is 0. The van der Waals surface area contributed by atoms with Crippen LogP contribution >= 0.6 is 11.3 Å². The fraction of sp³-hybridized carbons (Fsp3) is 0.417. The molecule has 0 unspecified atom stereocenters. The third-order valence-corrected chi connectivity index (χ3v) is 3.53. The Hall–Kier alpha value is -1.69. The van der Waals surface area contributed by atoms with Crippen LogP contribution < -0.4 is 4.90 Å². The van der Waals surface area contributed by atoms with Gasteiger partial charge in [-0.25, -0.2) is 9.97 Å². The molecule has 0 radical (unpaired) electrons. The van der Waals surface area contributed by atoms with E-state index < -0.39 is 0 Å². The van der Waals surface area contributed by atoms with Crippen LogP contribution in [-0.2, 0) is 9.53 Å². The molecule has 0 atom stereocenters. The summed E-state index contributed by atoms with van der Waals surface area (Å²) < 4.78 is 4.61. The Bertz CT molecular complexity index is 541. The maximum Gasteiger partial charge on any atom is 0.305 e. The summed E-state index contributed by atoms with van der Waals surface area (Å²) in [7, 11) is 3.38. The van der Waals surface area contributed by atoms with Crippen molar-refractivity contribution in [3.63, 3.8) is 0 Å². The van der Waals surface area contributed by atoms with Gasteiger partial charge in [-0.2, -0.15) is 0 Å². The van der Waals surface area contributed by atoms with E-state index in [-0.39, 0.29) is 5.97 Å². The third-order valence-electron chi connectivity index (χ3n) is 2.70. The summed E-state index contributed by atoms with van der Waals surface area (Å²) >= 11 is 1.60. The number of carbonyl (C=O) groups excluding carboxylic acids is 1. The van der Waals surface area contributed by atoms with Gasteiger partial charge in [0.2, 0.25) is 0 Å². The molecule has 0 aliphatic heterocycles. The second kappa shape index (κ2) is 5.77.